The highest BCUT2D eigenvalue weighted by atomic mass is 15.1. The number of fused-ring (bicyclic) bond motifs is 7. The normalized spacial score (nSPS) is 12.1. The number of para-hydroxylation sites is 4. The van der Waals surface area contributed by atoms with Crippen molar-refractivity contribution in [1.82, 2.24) is 24.1 Å². The molecule has 1 N–H and O–H groups in total. The molecule has 0 saturated heterocycles. The Labute approximate surface area is 384 Å². The summed E-state index contributed by atoms with van der Waals surface area (Å²) in [7, 11) is 0. The molecule has 0 saturated carbocycles. The number of pyridine rings is 1. The minimum Gasteiger partial charge on any atom is -0.354 e. The molecule has 318 valence electrons. The van der Waals surface area contributed by atoms with Crippen LogP contribution in [0.2, 0.25) is 0 Å². The van der Waals surface area contributed by atoms with Gasteiger partial charge in [0.25, 0.3) is 0 Å². The predicted octanol–water partition coefficient (Wildman–Crippen LogP) is 15.7. The number of benzene rings is 8. The van der Waals surface area contributed by atoms with E-state index in [0.29, 0.717) is 0 Å². The lowest BCUT2D eigenvalue weighted by Crippen LogP contribution is -2.19. The first-order chi connectivity index (χ1) is 32.1. The quantitative estimate of drug-likeness (QED) is 0.174. The zero-order valence-corrected chi connectivity index (χ0v) is 38.1. The van der Waals surface area contributed by atoms with E-state index in [1.807, 2.05) is 6.20 Å². The van der Waals surface area contributed by atoms with Gasteiger partial charge in [0.2, 0.25) is 0 Å². The maximum Gasteiger partial charge on any atom is 0.147 e. The number of hydrogen-bond donors (Lipinski definition) is 1. The summed E-state index contributed by atoms with van der Waals surface area (Å²) in [4.78, 5) is 14.5. The molecule has 0 unspecified atom stereocenters. The summed E-state index contributed by atoms with van der Waals surface area (Å²) in [6, 6.07) is 63.9. The Hall–Kier alpha value is -8.02. The van der Waals surface area contributed by atoms with Crippen molar-refractivity contribution in [2.75, 3.05) is 0 Å². The highest BCUT2D eigenvalue weighted by Gasteiger charge is 2.26. The molecule has 0 amide bonds. The minimum absolute atomic E-state index is 0.242. The molecule has 0 spiro atoms. The molecule has 8 aromatic carbocycles. The second kappa shape index (κ2) is 15.0. The van der Waals surface area contributed by atoms with Crippen LogP contribution in [0.1, 0.15) is 47.2 Å². The first-order valence-corrected chi connectivity index (χ1v) is 22.9. The Kier molecular flexibility index (Phi) is 9.01. The van der Waals surface area contributed by atoms with E-state index in [4.69, 9.17) is 9.97 Å². The molecule has 0 aliphatic carbocycles. The average molecular weight is 852 g/mol. The van der Waals surface area contributed by atoms with E-state index in [1.165, 1.54) is 66.1 Å². The van der Waals surface area contributed by atoms with Gasteiger partial charge >= 0.3 is 0 Å². The maximum absolute atomic E-state index is 5.63. The van der Waals surface area contributed by atoms with Crippen LogP contribution in [0.5, 0.6) is 0 Å². The zero-order valence-electron chi connectivity index (χ0n) is 38.1. The number of aromatic nitrogens is 5. The number of hydrogen-bond acceptors (Lipinski definition) is 2. The van der Waals surface area contributed by atoms with Gasteiger partial charge in [-0.1, -0.05) is 135 Å². The molecule has 0 atom stereocenters. The van der Waals surface area contributed by atoms with Crippen molar-refractivity contribution in [2.24, 2.45) is 0 Å². The Morgan fingerprint density at radius 2 is 1.18 bits per heavy atom. The number of nitrogens with one attached hydrogen (secondary N) is 1. The van der Waals surface area contributed by atoms with Crippen LogP contribution in [-0.4, -0.2) is 24.1 Å². The standard InChI is InChI=1S/C61H49N5/c1-37-31-39(3)57(40(4)32-37)50-36-51-47-28-27-41(34-55(47)66(54(51)33-38(50)2)56-35-43(29-30-62-56)61(5,6)42-17-9-7-10-18-42)45-22-16-26-53-59(45)64-60(65(53)44-19-11-8-12-20-44)49-24-15-23-48-46-21-13-14-25-52(46)63-58(48)49/h7-36,63H,1-6H3. The topological polar surface area (TPSA) is 51.4 Å². The van der Waals surface area contributed by atoms with E-state index in [0.717, 1.165) is 67.1 Å². The number of rotatable bonds is 7. The van der Waals surface area contributed by atoms with Crippen LogP contribution in [0.3, 0.4) is 0 Å². The van der Waals surface area contributed by atoms with Crippen molar-refractivity contribution in [1.29, 1.82) is 0 Å². The second-order valence-electron chi connectivity index (χ2n) is 18.6. The maximum atomic E-state index is 5.63. The monoisotopic (exact) mass is 851 g/mol. The molecule has 12 aromatic rings. The number of nitrogens with zero attached hydrogens (tertiary/aromatic N) is 4. The number of aryl methyl sites for hydroxylation is 4. The summed E-state index contributed by atoms with van der Waals surface area (Å²) in [6.45, 7) is 13.5. The molecule has 66 heavy (non-hydrogen) atoms. The summed E-state index contributed by atoms with van der Waals surface area (Å²) in [5.74, 6) is 1.78. The summed E-state index contributed by atoms with van der Waals surface area (Å²) in [5.41, 5.74) is 20.6. The number of H-pyrrole nitrogens is 1. The molecule has 4 heterocycles. The zero-order chi connectivity index (χ0) is 44.8. The van der Waals surface area contributed by atoms with Crippen molar-refractivity contribution in [3.8, 4) is 45.1 Å². The molecule has 5 heteroatoms. The number of aromatic amines is 1. The lowest BCUT2D eigenvalue weighted by atomic mass is 9.78. The smallest absolute Gasteiger partial charge is 0.147 e. The van der Waals surface area contributed by atoms with Crippen molar-refractivity contribution in [3.05, 3.63) is 216 Å². The van der Waals surface area contributed by atoms with E-state index in [-0.39, 0.29) is 5.41 Å². The molecule has 0 bridgehead atoms. The van der Waals surface area contributed by atoms with Crippen molar-refractivity contribution < 1.29 is 0 Å². The van der Waals surface area contributed by atoms with Gasteiger partial charge in [0.15, 0.2) is 0 Å². The Morgan fingerprint density at radius 1 is 0.485 bits per heavy atom. The van der Waals surface area contributed by atoms with Crippen LogP contribution in [0, 0.1) is 27.7 Å². The third-order valence-electron chi connectivity index (χ3n) is 14.0. The van der Waals surface area contributed by atoms with Crippen LogP contribution in [-0.2, 0) is 5.41 Å². The lowest BCUT2D eigenvalue weighted by Gasteiger charge is -2.26. The fourth-order valence-corrected chi connectivity index (χ4v) is 10.8. The van der Waals surface area contributed by atoms with Gasteiger partial charge in [0.1, 0.15) is 11.6 Å². The van der Waals surface area contributed by atoms with Crippen LogP contribution in [0.25, 0.3) is 99.8 Å². The van der Waals surface area contributed by atoms with Gasteiger partial charge < -0.3 is 4.98 Å². The predicted molar refractivity (Wildman–Crippen MR) is 276 cm³/mol. The van der Waals surface area contributed by atoms with Gasteiger partial charge in [-0.15, -0.1) is 0 Å². The fourth-order valence-electron chi connectivity index (χ4n) is 10.8. The molecule has 0 fully saturated rings. The Morgan fingerprint density at radius 3 is 1.98 bits per heavy atom. The molecule has 0 aliphatic rings. The third kappa shape index (κ3) is 6.14. The van der Waals surface area contributed by atoms with E-state index < -0.39 is 0 Å². The average Bonchev–Trinajstić information content (AvgIpc) is 4.01. The highest BCUT2D eigenvalue weighted by Crippen LogP contribution is 2.43. The fraction of sp³-hybridized carbons (Fsp3) is 0.115. The molecule has 12 rings (SSSR count). The van der Waals surface area contributed by atoms with Crippen LogP contribution < -0.4 is 0 Å². The summed E-state index contributed by atoms with van der Waals surface area (Å²) >= 11 is 0. The molecule has 0 aliphatic heterocycles. The van der Waals surface area contributed by atoms with E-state index in [1.54, 1.807) is 0 Å². The number of imidazole rings is 1. The SMILES string of the molecule is Cc1cc(C)c(-c2cc3c4ccc(-c5cccc6c5nc(-c5cccc7c5[nH]c5ccccc57)n6-c5ccccc5)cc4n(-c4cc(C(C)(C)c5ccccc5)ccn4)c3cc2C)c(C)c1. The Balaban J connectivity index is 1.11. The van der Waals surface area contributed by atoms with Crippen molar-refractivity contribution >= 4 is 54.6 Å². The highest BCUT2D eigenvalue weighted by molar-refractivity contribution is 6.14. The van der Waals surface area contributed by atoms with Gasteiger partial charge in [-0.25, -0.2) is 9.97 Å². The van der Waals surface area contributed by atoms with Crippen LogP contribution in [0.15, 0.2) is 182 Å². The van der Waals surface area contributed by atoms with Crippen molar-refractivity contribution in [3.63, 3.8) is 0 Å². The molecular weight excluding hydrogens is 803 g/mol. The molecule has 5 nitrogen and oxygen atoms in total. The van der Waals surface area contributed by atoms with Gasteiger partial charge in [-0.05, 0) is 133 Å². The summed E-state index contributed by atoms with van der Waals surface area (Å²) in [6.07, 6.45) is 1.98. The van der Waals surface area contributed by atoms with Crippen molar-refractivity contribution in [2.45, 2.75) is 47.0 Å². The van der Waals surface area contributed by atoms with Crippen LogP contribution >= 0.6 is 0 Å². The largest absolute Gasteiger partial charge is 0.354 e. The Bertz CT molecular complexity index is 3860. The lowest BCUT2D eigenvalue weighted by molar-refractivity contribution is 0.639. The molecular formula is C61H49N5. The first kappa shape index (κ1) is 39.6. The van der Waals surface area contributed by atoms with E-state index in [2.05, 4.69) is 232 Å². The summed E-state index contributed by atoms with van der Waals surface area (Å²) in [5, 5.41) is 4.77. The first-order valence-electron chi connectivity index (χ1n) is 22.9. The van der Waals surface area contributed by atoms with E-state index >= 15 is 0 Å². The minimum atomic E-state index is -0.242. The molecule has 4 aromatic heterocycles. The van der Waals surface area contributed by atoms with Gasteiger partial charge in [0.05, 0.1) is 27.6 Å². The van der Waals surface area contributed by atoms with Gasteiger partial charge in [-0.2, -0.15) is 0 Å². The van der Waals surface area contributed by atoms with Gasteiger partial charge in [-0.3, -0.25) is 9.13 Å². The van der Waals surface area contributed by atoms with Crippen LogP contribution in [0.4, 0.5) is 0 Å². The summed E-state index contributed by atoms with van der Waals surface area (Å²) < 4.78 is 4.70. The van der Waals surface area contributed by atoms with E-state index in [9.17, 15) is 0 Å². The van der Waals surface area contributed by atoms with Gasteiger partial charge in [0, 0.05) is 55.5 Å². The third-order valence-corrected chi connectivity index (χ3v) is 14.0. The molecule has 0 radical (unpaired) electrons. The second-order valence-corrected chi connectivity index (χ2v) is 18.6.